The monoisotopic (exact) mass is 219 g/mol. The molecule has 13 heavy (non-hydrogen) atoms. The molecular weight excluding hydrogens is 210 g/mol. The Hall–Kier alpha value is -0.580. The van der Waals surface area contributed by atoms with Crippen LogP contribution in [0.25, 0.3) is 0 Å². The van der Waals surface area contributed by atoms with Crippen LogP contribution in [0.5, 0.6) is 0 Å². The summed E-state index contributed by atoms with van der Waals surface area (Å²) in [4.78, 5) is 0.225. The number of hydrogen-bond acceptors (Lipinski definition) is 3. The van der Waals surface area contributed by atoms with Gasteiger partial charge in [0, 0.05) is 5.88 Å². The van der Waals surface area contributed by atoms with E-state index in [2.05, 4.69) is 0 Å². The van der Waals surface area contributed by atoms with Crippen molar-refractivity contribution in [1.29, 1.82) is 0 Å². The van der Waals surface area contributed by atoms with Crippen molar-refractivity contribution in [3.05, 3.63) is 23.8 Å². The molecule has 0 saturated heterocycles. The van der Waals surface area contributed by atoms with Gasteiger partial charge in [0.2, 0.25) is 10.3 Å². The van der Waals surface area contributed by atoms with E-state index in [1.807, 2.05) is 6.08 Å². The molecule has 0 spiro atoms. The third-order valence-corrected chi connectivity index (χ3v) is 2.71. The average molecular weight is 220 g/mol. The van der Waals surface area contributed by atoms with Crippen LogP contribution in [0, 0.1) is 0 Å². The molecule has 3 nitrogen and oxygen atoms in total. The van der Waals surface area contributed by atoms with Crippen LogP contribution < -0.4 is 5.73 Å². The van der Waals surface area contributed by atoms with E-state index in [-0.39, 0.29) is 4.86 Å². The van der Waals surface area contributed by atoms with E-state index in [9.17, 15) is 8.42 Å². The Morgan fingerprint density at radius 3 is 2.77 bits per heavy atom. The molecule has 1 aliphatic carbocycles. The first-order valence-electron chi connectivity index (χ1n) is 3.81. The summed E-state index contributed by atoms with van der Waals surface area (Å²) in [6, 6.07) is -0.516. The van der Waals surface area contributed by atoms with Crippen molar-refractivity contribution >= 4 is 26.8 Å². The summed E-state index contributed by atoms with van der Waals surface area (Å²) in [6.07, 6.45) is 5.71. The second kappa shape index (κ2) is 4.60. The van der Waals surface area contributed by atoms with Crippen LogP contribution in [0.15, 0.2) is 23.8 Å². The summed E-state index contributed by atoms with van der Waals surface area (Å²) < 4.78 is 21.4. The van der Waals surface area contributed by atoms with Gasteiger partial charge < -0.3 is 5.73 Å². The zero-order chi connectivity index (χ0) is 9.84. The topological polar surface area (TPSA) is 60.2 Å². The Kier molecular flexibility index (Phi) is 3.71. The lowest BCUT2D eigenvalue weighted by molar-refractivity contribution is 0.626. The van der Waals surface area contributed by atoms with Gasteiger partial charge in [0.05, 0.1) is 10.9 Å². The largest absolute Gasteiger partial charge is 0.320 e. The first kappa shape index (κ1) is 10.5. The van der Waals surface area contributed by atoms with Gasteiger partial charge in [0.1, 0.15) is 0 Å². The Morgan fingerprint density at radius 2 is 2.23 bits per heavy atom. The lowest BCUT2D eigenvalue weighted by Gasteiger charge is -2.11. The Bertz CT molecular complexity index is 373. The first-order chi connectivity index (χ1) is 6.15. The van der Waals surface area contributed by atoms with E-state index in [1.165, 1.54) is 0 Å². The molecule has 5 heteroatoms. The van der Waals surface area contributed by atoms with Crippen molar-refractivity contribution in [3.8, 4) is 0 Å². The number of rotatable bonds is 2. The van der Waals surface area contributed by atoms with Crippen molar-refractivity contribution in [2.45, 2.75) is 12.5 Å². The predicted octanol–water partition coefficient (Wildman–Crippen LogP) is 0.490. The molecule has 0 radical (unpaired) electrons. The van der Waals surface area contributed by atoms with Gasteiger partial charge in [-0.15, -0.1) is 11.6 Å². The SMILES string of the molecule is NC1C=CC(CCCl)=CC1=S(=O)=O. The fraction of sp³-hybridized carbons (Fsp3) is 0.375. The van der Waals surface area contributed by atoms with Crippen molar-refractivity contribution < 1.29 is 8.42 Å². The molecule has 72 valence electrons. The molecule has 0 aromatic rings. The van der Waals surface area contributed by atoms with E-state index in [0.717, 1.165) is 5.57 Å². The standard InChI is InChI=1S/C8H10ClNO2S/c9-4-3-6-1-2-7(10)8(5-6)13(11)12/h1-2,5,7H,3-4,10H2. The minimum Gasteiger partial charge on any atom is -0.320 e. The van der Waals surface area contributed by atoms with E-state index < -0.39 is 16.3 Å². The molecule has 0 heterocycles. The quantitative estimate of drug-likeness (QED) is 0.543. The third-order valence-electron chi connectivity index (χ3n) is 1.75. The van der Waals surface area contributed by atoms with Crippen LogP contribution in [0.3, 0.4) is 0 Å². The summed E-state index contributed by atoms with van der Waals surface area (Å²) in [5, 5.41) is 0. The smallest absolute Gasteiger partial charge is 0.219 e. The maximum absolute atomic E-state index is 10.7. The summed E-state index contributed by atoms with van der Waals surface area (Å²) in [5.74, 6) is 0.476. The van der Waals surface area contributed by atoms with Gasteiger partial charge >= 0.3 is 0 Å². The fourth-order valence-corrected chi connectivity index (χ4v) is 1.84. The molecule has 0 amide bonds. The van der Waals surface area contributed by atoms with Crippen LogP contribution in [-0.4, -0.2) is 25.2 Å². The van der Waals surface area contributed by atoms with Crippen molar-refractivity contribution in [3.63, 3.8) is 0 Å². The highest BCUT2D eigenvalue weighted by Gasteiger charge is 2.12. The van der Waals surface area contributed by atoms with Crippen molar-refractivity contribution in [2.24, 2.45) is 5.73 Å². The molecule has 1 rings (SSSR count). The van der Waals surface area contributed by atoms with Gasteiger partial charge in [-0.25, -0.2) is 0 Å². The van der Waals surface area contributed by atoms with Crippen LogP contribution in [-0.2, 0) is 10.3 Å². The van der Waals surface area contributed by atoms with E-state index in [0.29, 0.717) is 12.3 Å². The minimum atomic E-state index is -2.24. The van der Waals surface area contributed by atoms with Gasteiger partial charge in [-0.2, -0.15) is 8.42 Å². The zero-order valence-electron chi connectivity index (χ0n) is 6.90. The molecule has 0 saturated carbocycles. The normalized spacial score (nSPS) is 21.5. The summed E-state index contributed by atoms with van der Waals surface area (Å²) >= 11 is 5.53. The summed E-state index contributed by atoms with van der Waals surface area (Å²) in [6.45, 7) is 0. The van der Waals surface area contributed by atoms with E-state index in [4.69, 9.17) is 17.3 Å². The molecule has 0 bridgehead atoms. The van der Waals surface area contributed by atoms with Crippen LogP contribution >= 0.6 is 11.6 Å². The number of hydrogen-bond donors (Lipinski definition) is 1. The molecule has 1 unspecified atom stereocenters. The first-order valence-corrected chi connectivity index (χ1v) is 5.42. The van der Waals surface area contributed by atoms with E-state index in [1.54, 1.807) is 12.2 Å². The van der Waals surface area contributed by atoms with E-state index >= 15 is 0 Å². The molecule has 2 N–H and O–H groups in total. The van der Waals surface area contributed by atoms with Gasteiger partial charge in [-0.05, 0) is 18.1 Å². The number of alkyl halides is 1. The number of allylic oxidation sites excluding steroid dienone is 2. The summed E-state index contributed by atoms with van der Waals surface area (Å²) in [5.41, 5.74) is 6.44. The second-order valence-electron chi connectivity index (χ2n) is 2.68. The average Bonchev–Trinajstić information content (AvgIpc) is 2.08. The molecular formula is C8H10ClNO2S. The molecule has 0 fully saturated rings. The van der Waals surface area contributed by atoms with Crippen LogP contribution in [0.1, 0.15) is 6.42 Å². The highest BCUT2D eigenvalue weighted by atomic mass is 35.5. The van der Waals surface area contributed by atoms with Gasteiger partial charge in [-0.1, -0.05) is 12.2 Å². The Balaban J connectivity index is 3.01. The maximum Gasteiger partial charge on any atom is 0.219 e. The number of nitrogens with two attached hydrogens (primary N) is 1. The molecule has 0 aromatic heterocycles. The van der Waals surface area contributed by atoms with Gasteiger partial charge in [-0.3, -0.25) is 0 Å². The minimum absolute atomic E-state index is 0.225. The molecule has 1 aliphatic rings. The maximum atomic E-state index is 10.7. The zero-order valence-corrected chi connectivity index (χ0v) is 8.48. The number of halogens is 1. The molecule has 0 aromatic carbocycles. The Labute approximate surface area is 83.4 Å². The lowest BCUT2D eigenvalue weighted by Crippen LogP contribution is -2.29. The Morgan fingerprint density at radius 1 is 1.54 bits per heavy atom. The second-order valence-corrected chi connectivity index (χ2v) is 4.00. The van der Waals surface area contributed by atoms with Gasteiger partial charge in [0.25, 0.3) is 0 Å². The van der Waals surface area contributed by atoms with Gasteiger partial charge in [0.15, 0.2) is 0 Å². The van der Waals surface area contributed by atoms with Crippen molar-refractivity contribution in [1.82, 2.24) is 0 Å². The molecule has 0 aliphatic heterocycles. The van der Waals surface area contributed by atoms with Crippen molar-refractivity contribution in [2.75, 3.05) is 5.88 Å². The lowest BCUT2D eigenvalue weighted by atomic mass is 10.0. The van der Waals surface area contributed by atoms with Crippen LogP contribution in [0.4, 0.5) is 0 Å². The predicted molar refractivity (Wildman–Crippen MR) is 54.5 cm³/mol. The molecule has 1 atom stereocenters. The third kappa shape index (κ3) is 2.69. The highest BCUT2D eigenvalue weighted by Crippen LogP contribution is 2.11. The highest BCUT2D eigenvalue weighted by molar-refractivity contribution is 7.73. The summed E-state index contributed by atoms with van der Waals surface area (Å²) in [7, 11) is -2.24. The fourth-order valence-electron chi connectivity index (χ4n) is 1.07. The van der Waals surface area contributed by atoms with Crippen LogP contribution in [0.2, 0.25) is 0 Å².